The Bertz CT molecular complexity index is 2250. The summed E-state index contributed by atoms with van der Waals surface area (Å²) in [4.78, 5) is 0. The number of benzene rings is 5. The Balaban J connectivity index is 1.42. The third kappa shape index (κ3) is 5.91. The molecule has 0 radical (unpaired) electrons. The van der Waals surface area contributed by atoms with E-state index in [-0.39, 0.29) is 21.7 Å². The Hall–Kier alpha value is -3.67. The van der Waals surface area contributed by atoms with Crippen LogP contribution in [0.5, 0.6) is 0 Å². The third-order valence-electron chi connectivity index (χ3n) is 14.0. The van der Waals surface area contributed by atoms with Gasteiger partial charge in [-0.3, -0.25) is 0 Å². The molecule has 0 aromatic heterocycles. The molecule has 0 atom stereocenters. The first-order valence-corrected chi connectivity index (χ1v) is 24.3. The molecule has 0 aliphatic heterocycles. The van der Waals surface area contributed by atoms with Crippen molar-refractivity contribution in [2.45, 2.75) is 113 Å². The van der Waals surface area contributed by atoms with Crippen LogP contribution in [0.25, 0.3) is 16.7 Å². The van der Waals surface area contributed by atoms with E-state index >= 15 is 0 Å². The molecule has 0 N–H and O–H groups in total. The summed E-state index contributed by atoms with van der Waals surface area (Å²) in [5, 5.41) is 0. The van der Waals surface area contributed by atoms with E-state index in [2.05, 4.69) is 183 Å². The summed E-state index contributed by atoms with van der Waals surface area (Å²) in [5.41, 5.74) is 18.7. The van der Waals surface area contributed by atoms with Gasteiger partial charge in [0.05, 0.1) is 0 Å². The second-order valence-corrected chi connectivity index (χ2v) is 25.6. The van der Waals surface area contributed by atoms with Crippen molar-refractivity contribution >= 4 is 8.78 Å². The van der Waals surface area contributed by atoms with Crippen LogP contribution in [0.1, 0.15) is 141 Å². The summed E-state index contributed by atoms with van der Waals surface area (Å²) in [7, 11) is 0. The van der Waals surface area contributed by atoms with E-state index in [0.29, 0.717) is 3.63 Å². The molecule has 0 bridgehead atoms. The second kappa shape index (κ2) is 13.0. The van der Waals surface area contributed by atoms with Crippen molar-refractivity contribution in [1.82, 2.24) is 0 Å². The molecule has 272 valence electrons. The molecule has 4 aliphatic rings. The first kappa shape index (κ1) is 36.0. The zero-order chi connectivity index (χ0) is 37.6. The van der Waals surface area contributed by atoms with E-state index in [9.17, 15) is 0 Å². The quantitative estimate of drug-likeness (QED) is 0.167. The first-order valence-electron chi connectivity index (χ1n) is 20.4. The Kier molecular flexibility index (Phi) is 8.63. The number of allylic oxidation sites excluding steroid dienone is 4. The summed E-state index contributed by atoms with van der Waals surface area (Å²) < 4.78 is 3.71. The van der Waals surface area contributed by atoms with Crippen molar-refractivity contribution in [2.24, 2.45) is 0 Å². The van der Waals surface area contributed by atoms with Crippen molar-refractivity contribution in [3.05, 3.63) is 181 Å². The van der Waals surface area contributed by atoms with Crippen LogP contribution in [-0.2, 0) is 42.9 Å². The molecule has 0 unspecified atom stereocenters. The maximum atomic E-state index is 2.76. The van der Waals surface area contributed by atoms with Crippen LogP contribution in [0.15, 0.2) is 131 Å². The van der Waals surface area contributed by atoms with Gasteiger partial charge in [-0.2, -0.15) is 0 Å². The zero-order valence-electron chi connectivity index (χ0n) is 33.7. The van der Waals surface area contributed by atoms with E-state index in [1.165, 1.54) is 59.1 Å². The van der Waals surface area contributed by atoms with Crippen LogP contribution < -0.4 is 0 Å². The van der Waals surface area contributed by atoms with Crippen LogP contribution in [-0.4, -0.2) is 3.21 Å². The fourth-order valence-corrected chi connectivity index (χ4v) is 19.4. The van der Waals surface area contributed by atoms with Crippen LogP contribution in [0.2, 0.25) is 0 Å². The topological polar surface area (TPSA) is 0 Å². The van der Waals surface area contributed by atoms with Crippen molar-refractivity contribution in [3.63, 3.8) is 0 Å². The van der Waals surface area contributed by atoms with Gasteiger partial charge in [0.2, 0.25) is 0 Å². The molecule has 0 spiro atoms. The molecule has 5 aromatic carbocycles. The van der Waals surface area contributed by atoms with Gasteiger partial charge in [-0.1, -0.05) is 0 Å². The van der Waals surface area contributed by atoms with E-state index in [1.807, 2.05) is 0 Å². The molecule has 1 heteroatoms. The number of hydrogen-bond donors (Lipinski definition) is 0. The summed E-state index contributed by atoms with van der Waals surface area (Å²) in [6, 6.07) is 45.1. The predicted molar refractivity (Wildman–Crippen MR) is 228 cm³/mol. The Morgan fingerprint density at radius 2 is 0.889 bits per heavy atom. The van der Waals surface area contributed by atoms with Crippen molar-refractivity contribution in [3.8, 4) is 11.1 Å². The standard InChI is InChI=1S/C29H37.C13H10.C11H9.Zr/c1-26(2)9-11-28(5,6)24-16-20-18(14-22(24)26)13-19-15-23-25(17-21(19)20)29(7,8)12-10-27(23,3)4;1-3-7-12(8-4-1)11-13-9-5-2-6-10-13;1-2-6-10(7-3-1)11-8-4-5-9-11;/h13-17H,9-12H2,1-8H3;1-10H;1-3,6-9H,4H2;. The van der Waals surface area contributed by atoms with Crippen LogP contribution >= 0.6 is 0 Å². The average molecular weight is 784 g/mol. The Morgan fingerprint density at radius 1 is 0.500 bits per heavy atom. The van der Waals surface area contributed by atoms with Crippen LogP contribution in [0.4, 0.5) is 0 Å². The molecular weight excluding hydrogens is 728 g/mol. The van der Waals surface area contributed by atoms with Gasteiger partial charge >= 0.3 is 335 Å². The normalized spacial score (nSPS) is 19.9. The first-order chi connectivity index (χ1) is 25.8. The second-order valence-electron chi connectivity index (χ2n) is 19.4. The minimum atomic E-state index is -2.96. The van der Waals surface area contributed by atoms with Crippen molar-refractivity contribution in [2.75, 3.05) is 0 Å². The number of rotatable bonds is 5. The number of fused-ring (bicyclic) bond motifs is 5. The average Bonchev–Trinajstić information content (AvgIpc) is 3.78. The molecule has 0 nitrogen and oxygen atoms in total. The van der Waals surface area contributed by atoms with Crippen molar-refractivity contribution in [1.29, 1.82) is 0 Å². The monoisotopic (exact) mass is 782 g/mol. The summed E-state index contributed by atoms with van der Waals surface area (Å²) in [6.07, 6.45) is 11.1. The fourth-order valence-electron chi connectivity index (χ4n) is 10.4. The molecule has 4 aliphatic carbocycles. The predicted octanol–water partition coefficient (Wildman–Crippen LogP) is 13.7. The minimum absolute atomic E-state index is 0.145. The Labute approximate surface area is 332 Å². The molecular formula is C53H56Zr. The zero-order valence-corrected chi connectivity index (χ0v) is 36.2. The van der Waals surface area contributed by atoms with E-state index < -0.39 is 21.3 Å². The molecule has 5 aromatic rings. The maximum absolute atomic E-state index is 2.96. The van der Waals surface area contributed by atoms with E-state index in [0.717, 1.165) is 6.42 Å². The summed E-state index contributed by atoms with van der Waals surface area (Å²) >= 11 is -2.96. The van der Waals surface area contributed by atoms with E-state index in [1.54, 1.807) is 39.9 Å². The summed E-state index contributed by atoms with van der Waals surface area (Å²) in [5.74, 6) is 0. The molecule has 0 saturated heterocycles. The van der Waals surface area contributed by atoms with Crippen molar-refractivity contribution < 1.29 is 21.3 Å². The van der Waals surface area contributed by atoms with Gasteiger partial charge in [0.15, 0.2) is 0 Å². The van der Waals surface area contributed by atoms with Gasteiger partial charge in [-0.05, 0) is 0 Å². The van der Waals surface area contributed by atoms with Gasteiger partial charge in [-0.15, -0.1) is 0 Å². The van der Waals surface area contributed by atoms with Gasteiger partial charge in [0.25, 0.3) is 0 Å². The molecule has 9 rings (SSSR count). The van der Waals surface area contributed by atoms with Gasteiger partial charge < -0.3 is 0 Å². The van der Waals surface area contributed by atoms with E-state index in [4.69, 9.17) is 0 Å². The van der Waals surface area contributed by atoms with Crippen LogP contribution in [0, 0.1) is 0 Å². The van der Waals surface area contributed by atoms with Gasteiger partial charge in [0.1, 0.15) is 0 Å². The SMILES string of the molecule is CC1(C)CCC(C)(C)c2cc3c(cc21)-c1cc2c(cc1[CH]3[Zr]([C]1=CC(c3ccccc3)=CC1)=[C](c1ccccc1)c1ccccc1)C(C)(C)CCC2(C)C. The molecule has 0 amide bonds. The molecule has 0 heterocycles. The molecule has 0 saturated carbocycles. The van der Waals surface area contributed by atoms with Gasteiger partial charge in [-0.25, -0.2) is 0 Å². The third-order valence-corrected chi connectivity index (χ3v) is 22.2. The molecule has 54 heavy (non-hydrogen) atoms. The van der Waals surface area contributed by atoms with Gasteiger partial charge in [0, 0.05) is 0 Å². The molecule has 0 fully saturated rings. The fraction of sp³-hybridized carbons (Fsp3) is 0.340. The summed E-state index contributed by atoms with van der Waals surface area (Å²) in [6.45, 7) is 20.0. The Morgan fingerprint density at radius 3 is 1.31 bits per heavy atom. The van der Waals surface area contributed by atoms with Crippen LogP contribution in [0.3, 0.4) is 0 Å². The number of hydrogen-bond acceptors (Lipinski definition) is 0.